The van der Waals surface area contributed by atoms with Crippen molar-refractivity contribution in [3.05, 3.63) is 65.0 Å². The SMILES string of the molecule is Cc1ccc2c(c1)nc(Nc1ccccc1Br)c1cncn12. The summed E-state index contributed by atoms with van der Waals surface area (Å²) in [4.78, 5) is 9.05. The van der Waals surface area contributed by atoms with Crippen molar-refractivity contribution in [1.82, 2.24) is 14.4 Å². The van der Waals surface area contributed by atoms with Gasteiger partial charge in [-0.05, 0) is 52.7 Å². The van der Waals surface area contributed by atoms with Crippen molar-refractivity contribution < 1.29 is 0 Å². The summed E-state index contributed by atoms with van der Waals surface area (Å²) in [6.07, 6.45) is 3.64. The van der Waals surface area contributed by atoms with E-state index < -0.39 is 0 Å². The van der Waals surface area contributed by atoms with Gasteiger partial charge in [0, 0.05) is 4.47 Å². The molecule has 1 N–H and O–H groups in total. The predicted octanol–water partition coefficient (Wildman–Crippen LogP) is 4.70. The van der Waals surface area contributed by atoms with Crippen LogP contribution in [0, 0.1) is 6.92 Å². The highest BCUT2D eigenvalue weighted by Gasteiger charge is 2.10. The molecule has 2 aromatic carbocycles. The number of hydrogen-bond acceptors (Lipinski definition) is 3. The highest BCUT2D eigenvalue weighted by molar-refractivity contribution is 9.10. The Bertz CT molecular complexity index is 990. The number of halogens is 1. The summed E-state index contributed by atoms with van der Waals surface area (Å²) in [6.45, 7) is 2.07. The third-order valence-electron chi connectivity index (χ3n) is 3.63. The lowest BCUT2D eigenvalue weighted by Crippen LogP contribution is -1.99. The Hall–Kier alpha value is -2.40. The summed E-state index contributed by atoms with van der Waals surface area (Å²) in [5.74, 6) is 0.794. The van der Waals surface area contributed by atoms with Crippen molar-refractivity contribution in [3.8, 4) is 0 Å². The zero-order valence-corrected chi connectivity index (χ0v) is 13.5. The van der Waals surface area contributed by atoms with Crippen LogP contribution in [0.25, 0.3) is 16.6 Å². The average molecular weight is 353 g/mol. The maximum atomic E-state index is 4.78. The summed E-state index contributed by atoms with van der Waals surface area (Å²) in [5.41, 5.74) is 5.11. The van der Waals surface area contributed by atoms with Crippen LogP contribution in [-0.2, 0) is 0 Å². The van der Waals surface area contributed by atoms with E-state index >= 15 is 0 Å². The van der Waals surface area contributed by atoms with Crippen molar-refractivity contribution >= 4 is 44.0 Å². The number of aromatic nitrogens is 3. The van der Waals surface area contributed by atoms with Crippen LogP contribution < -0.4 is 5.32 Å². The molecule has 0 saturated carbocycles. The Kier molecular flexibility index (Phi) is 3.08. The standard InChI is InChI=1S/C17H13BrN4/c1-11-6-7-15-14(8-11)21-17(16-9-19-10-22(15)16)20-13-5-3-2-4-12(13)18/h2-10H,1H3,(H,20,21). The first-order valence-corrected chi connectivity index (χ1v) is 7.76. The Balaban J connectivity index is 1.95. The smallest absolute Gasteiger partial charge is 0.157 e. The normalized spacial score (nSPS) is 11.2. The van der Waals surface area contributed by atoms with Crippen molar-refractivity contribution in [3.63, 3.8) is 0 Å². The zero-order valence-electron chi connectivity index (χ0n) is 11.9. The fourth-order valence-electron chi connectivity index (χ4n) is 2.55. The van der Waals surface area contributed by atoms with Crippen LogP contribution in [0.5, 0.6) is 0 Å². The first-order chi connectivity index (χ1) is 10.7. The topological polar surface area (TPSA) is 42.2 Å². The lowest BCUT2D eigenvalue weighted by atomic mass is 10.2. The van der Waals surface area contributed by atoms with Crippen LogP contribution in [0.1, 0.15) is 5.56 Å². The maximum absolute atomic E-state index is 4.78. The highest BCUT2D eigenvalue weighted by atomic mass is 79.9. The molecular formula is C17H13BrN4. The van der Waals surface area contributed by atoms with Gasteiger partial charge in [-0.15, -0.1) is 0 Å². The Labute approximate surface area is 136 Å². The second kappa shape index (κ2) is 5.10. The molecule has 22 heavy (non-hydrogen) atoms. The van der Waals surface area contributed by atoms with Crippen LogP contribution in [0.3, 0.4) is 0 Å². The minimum atomic E-state index is 0.794. The number of hydrogen-bond donors (Lipinski definition) is 1. The second-order valence-corrected chi connectivity index (χ2v) is 6.06. The van der Waals surface area contributed by atoms with E-state index in [0.717, 1.165) is 32.5 Å². The van der Waals surface area contributed by atoms with Gasteiger partial charge in [-0.25, -0.2) is 9.97 Å². The minimum absolute atomic E-state index is 0.794. The van der Waals surface area contributed by atoms with Gasteiger partial charge in [0.15, 0.2) is 5.82 Å². The second-order valence-electron chi connectivity index (χ2n) is 5.21. The van der Waals surface area contributed by atoms with Gasteiger partial charge in [0.2, 0.25) is 0 Å². The third kappa shape index (κ3) is 2.14. The van der Waals surface area contributed by atoms with E-state index in [0.29, 0.717) is 0 Å². The number of rotatable bonds is 2. The number of fused-ring (bicyclic) bond motifs is 3. The van der Waals surface area contributed by atoms with E-state index in [1.54, 1.807) is 0 Å². The molecule has 2 heterocycles. The van der Waals surface area contributed by atoms with E-state index in [9.17, 15) is 0 Å². The van der Waals surface area contributed by atoms with E-state index in [-0.39, 0.29) is 0 Å². The number of imidazole rings is 1. The molecule has 4 aromatic rings. The quantitative estimate of drug-likeness (QED) is 0.568. The summed E-state index contributed by atoms with van der Waals surface area (Å²) in [5, 5.41) is 3.39. The highest BCUT2D eigenvalue weighted by Crippen LogP contribution is 2.28. The molecule has 0 spiro atoms. The summed E-state index contributed by atoms with van der Waals surface area (Å²) in [7, 11) is 0. The Morgan fingerprint density at radius 2 is 1.95 bits per heavy atom. The van der Waals surface area contributed by atoms with E-state index in [4.69, 9.17) is 4.98 Å². The van der Waals surface area contributed by atoms with Gasteiger partial charge >= 0.3 is 0 Å². The van der Waals surface area contributed by atoms with E-state index in [1.165, 1.54) is 5.56 Å². The van der Waals surface area contributed by atoms with Crippen LogP contribution in [0.15, 0.2) is 59.5 Å². The maximum Gasteiger partial charge on any atom is 0.157 e. The molecule has 5 heteroatoms. The van der Waals surface area contributed by atoms with Gasteiger partial charge < -0.3 is 5.32 Å². The number of nitrogens with one attached hydrogen (secondary N) is 1. The molecule has 0 aliphatic rings. The molecule has 4 nitrogen and oxygen atoms in total. The van der Waals surface area contributed by atoms with Gasteiger partial charge in [-0.2, -0.15) is 0 Å². The number of benzene rings is 2. The molecule has 0 amide bonds. The van der Waals surface area contributed by atoms with Crippen LogP contribution in [0.4, 0.5) is 11.5 Å². The van der Waals surface area contributed by atoms with Gasteiger partial charge in [0.1, 0.15) is 5.52 Å². The third-order valence-corrected chi connectivity index (χ3v) is 4.32. The van der Waals surface area contributed by atoms with Gasteiger partial charge in [0.05, 0.1) is 29.2 Å². The van der Waals surface area contributed by atoms with E-state index in [1.807, 2.05) is 36.8 Å². The number of anilines is 2. The van der Waals surface area contributed by atoms with Crippen molar-refractivity contribution in [1.29, 1.82) is 0 Å². The molecule has 0 aliphatic carbocycles. The van der Waals surface area contributed by atoms with Crippen molar-refractivity contribution in [2.75, 3.05) is 5.32 Å². The first-order valence-electron chi connectivity index (χ1n) is 6.96. The van der Waals surface area contributed by atoms with Crippen molar-refractivity contribution in [2.45, 2.75) is 6.92 Å². The lowest BCUT2D eigenvalue weighted by Gasteiger charge is -2.11. The molecular weight excluding hydrogens is 340 g/mol. The molecule has 0 fully saturated rings. The van der Waals surface area contributed by atoms with E-state index in [2.05, 4.69) is 55.8 Å². The fraction of sp³-hybridized carbons (Fsp3) is 0.0588. The first kappa shape index (κ1) is 13.3. The summed E-state index contributed by atoms with van der Waals surface area (Å²) >= 11 is 3.56. The van der Waals surface area contributed by atoms with Crippen LogP contribution in [-0.4, -0.2) is 14.4 Å². The molecule has 0 saturated heterocycles. The largest absolute Gasteiger partial charge is 0.337 e. The van der Waals surface area contributed by atoms with Gasteiger partial charge in [-0.3, -0.25) is 4.40 Å². The number of para-hydroxylation sites is 1. The molecule has 108 valence electrons. The molecule has 0 radical (unpaired) electrons. The monoisotopic (exact) mass is 352 g/mol. The molecule has 0 bridgehead atoms. The van der Waals surface area contributed by atoms with Gasteiger partial charge in [-0.1, -0.05) is 18.2 Å². The van der Waals surface area contributed by atoms with Crippen LogP contribution in [0.2, 0.25) is 0 Å². The van der Waals surface area contributed by atoms with Gasteiger partial charge in [0.25, 0.3) is 0 Å². The molecule has 0 atom stereocenters. The lowest BCUT2D eigenvalue weighted by molar-refractivity contribution is 1.18. The van der Waals surface area contributed by atoms with Crippen molar-refractivity contribution in [2.24, 2.45) is 0 Å². The number of nitrogens with zero attached hydrogens (tertiary/aromatic N) is 3. The average Bonchev–Trinajstić information content (AvgIpc) is 2.99. The molecule has 0 unspecified atom stereocenters. The van der Waals surface area contributed by atoms with Crippen LogP contribution >= 0.6 is 15.9 Å². The summed E-state index contributed by atoms with van der Waals surface area (Å²) < 4.78 is 3.06. The number of aryl methyl sites for hydroxylation is 1. The Morgan fingerprint density at radius 3 is 2.82 bits per heavy atom. The Morgan fingerprint density at radius 1 is 1.09 bits per heavy atom. The zero-order chi connectivity index (χ0) is 15.1. The molecule has 0 aliphatic heterocycles. The predicted molar refractivity (Wildman–Crippen MR) is 92.7 cm³/mol. The molecule has 2 aromatic heterocycles. The fourth-order valence-corrected chi connectivity index (χ4v) is 2.93. The summed E-state index contributed by atoms with van der Waals surface area (Å²) in [6, 6.07) is 14.2. The molecule has 4 rings (SSSR count). The minimum Gasteiger partial charge on any atom is -0.337 e.